The first-order chi connectivity index (χ1) is 13.8. The molecule has 0 aliphatic rings. The summed E-state index contributed by atoms with van der Waals surface area (Å²) in [5, 5.41) is 13.8. The van der Waals surface area contributed by atoms with Crippen molar-refractivity contribution in [1.29, 1.82) is 0 Å². The lowest BCUT2D eigenvalue weighted by atomic mass is 10.1. The van der Waals surface area contributed by atoms with E-state index in [1.165, 1.54) is 16.5 Å². The molecule has 0 spiro atoms. The van der Waals surface area contributed by atoms with Crippen molar-refractivity contribution in [2.45, 2.75) is 0 Å². The summed E-state index contributed by atoms with van der Waals surface area (Å²) in [5.41, 5.74) is 7.82. The average Bonchev–Trinajstić information content (AvgIpc) is 2.73. The number of rotatable bonds is 8. The van der Waals surface area contributed by atoms with E-state index in [0.29, 0.717) is 0 Å². The Labute approximate surface area is 164 Å². The van der Waals surface area contributed by atoms with E-state index < -0.39 is 0 Å². The number of nitrogens with two attached hydrogens (primary N) is 1. The monoisotopic (exact) mass is 372 g/mol. The minimum atomic E-state index is 0.286. The summed E-state index contributed by atoms with van der Waals surface area (Å²) >= 11 is 0. The molecule has 4 rings (SSSR count). The number of nitrogens with zero attached hydrogens (tertiary/aromatic N) is 2. The van der Waals surface area contributed by atoms with Gasteiger partial charge in [0, 0.05) is 42.6 Å². The summed E-state index contributed by atoms with van der Waals surface area (Å²) in [5.74, 6) is 1.06. The molecule has 6 heteroatoms. The number of anilines is 3. The highest BCUT2D eigenvalue weighted by atomic mass is 15.1. The molecular formula is C22H24N6. The van der Waals surface area contributed by atoms with Gasteiger partial charge in [0.2, 0.25) is 5.95 Å². The molecule has 3 aromatic carbocycles. The van der Waals surface area contributed by atoms with Crippen LogP contribution in [0.5, 0.6) is 0 Å². The van der Waals surface area contributed by atoms with E-state index in [-0.39, 0.29) is 5.95 Å². The number of benzene rings is 3. The predicted octanol–water partition coefficient (Wildman–Crippen LogP) is 3.48. The molecule has 0 bridgehead atoms. The summed E-state index contributed by atoms with van der Waals surface area (Å²) in [6.07, 6.45) is 0. The van der Waals surface area contributed by atoms with Gasteiger partial charge in [0.05, 0.1) is 5.52 Å². The van der Waals surface area contributed by atoms with Crippen molar-refractivity contribution in [2.75, 3.05) is 42.5 Å². The molecule has 0 saturated heterocycles. The van der Waals surface area contributed by atoms with E-state index in [9.17, 15) is 0 Å². The minimum Gasteiger partial charge on any atom is -0.383 e. The van der Waals surface area contributed by atoms with E-state index in [0.717, 1.165) is 42.9 Å². The molecular weight excluding hydrogens is 348 g/mol. The lowest BCUT2D eigenvalue weighted by Gasteiger charge is -2.12. The Balaban J connectivity index is 1.24. The number of aromatic nitrogens is 2. The minimum absolute atomic E-state index is 0.286. The molecule has 5 N–H and O–H groups in total. The van der Waals surface area contributed by atoms with Gasteiger partial charge in [0.15, 0.2) is 0 Å². The Hall–Kier alpha value is -3.38. The number of hydrogen-bond donors (Lipinski definition) is 4. The second kappa shape index (κ2) is 8.54. The maximum atomic E-state index is 5.80. The van der Waals surface area contributed by atoms with Crippen LogP contribution in [0, 0.1) is 0 Å². The molecule has 0 aliphatic heterocycles. The van der Waals surface area contributed by atoms with Gasteiger partial charge >= 0.3 is 0 Å². The Morgan fingerprint density at radius 1 is 0.679 bits per heavy atom. The number of para-hydroxylation sites is 1. The Bertz CT molecular complexity index is 1070. The molecule has 0 radical (unpaired) electrons. The van der Waals surface area contributed by atoms with Crippen molar-refractivity contribution in [2.24, 2.45) is 0 Å². The zero-order valence-corrected chi connectivity index (χ0v) is 15.7. The van der Waals surface area contributed by atoms with E-state index >= 15 is 0 Å². The summed E-state index contributed by atoms with van der Waals surface area (Å²) in [6, 6.07) is 22.6. The Morgan fingerprint density at radius 2 is 1.39 bits per heavy atom. The fourth-order valence-corrected chi connectivity index (χ4v) is 3.29. The Kier molecular flexibility index (Phi) is 5.49. The van der Waals surface area contributed by atoms with Gasteiger partial charge in [-0.25, -0.2) is 4.98 Å². The molecule has 0 fully saturated rings. The van der Waals surface area contributed by atoms with E-state index in [1.54, 1.807) is 0 Å². The molecule has 0 amide bonds. The lowest BCUT2D eigenvalue weighted by molar-refractivity contribution is 0.718. The second-order valence-corrected chi connectivity index (χ2v) is 6.58. The van der Waals surface area contributed by atoms with Crippen LogP contribution in [0.1, 0.15) is 0 Å². The molecule has 0 unspecified atom stereocenters. The highest BCUT2D eigenvalue weighted by Crippen LogP contribution is 2.22. The van der Waals surface area contributed by atoms with Crippen molar-refractivity contribution in [3.63, 3.8) is 0 Å². The third-order valence-corrected chi connectivity index (χ3v) is 4.62. The van der Waals surface area contributed by atoms with Crippen LogP contribution in [0.3, 0.4) is 0 Å². The maximum Gasteiger partial charge on any atom is 0.222 e. The molecule has 1 aromatic heterocycles. The first-order valence-electron chi connectivity index (χ1n) is 9.50. The first kappa shape index (κ1) is 18.0. The summed E-state index contributed by atoms with van der Waals surface area (Å²) < 4.78 is 0. The third kappa shape index (κ3) is 4.13. The summed E-state index contributed by atoms with van der Waals surface area (Å²) in [4.78, 5) is 8.58. The van der Waals surface area contributed by atoms with Crippen LogP contribution in [0.25, 0.3) is 21.7 Å². The lowest BCUT2D eigenvalue weighted by Crippen LogP contribution is -2.27. The van der Waals surface area contributed by atoms with Crippen molar-refractivity contribution in [3.8, 4) is 0 Å². The van der Waals surface area contributed by atoms with Gasteiger partial charge in [-0.2, -0.15) is 4.98 Å². The van der Waals surface area contributed by atoms with Crippen molar-refractivity contribution < 1.29 is 0 Å². The van der Waals surface area contributed by atoms with Crippen molar-refractivity contribution >= 4 is 39.1 Å². The standard InChI is InChI=1S/C22H24N6/c23-22-27-20-10-4-3-9-18(20)21(28-22)26-15-13-24-12-14-25-19-11-5-7-16-6-1-2-8-17(16)19/h1-11,24-25H,12-15H2,(H3,23,26,27,28). The van der Waals surface area contributed by atoms with Gasteiger partial charge < -0.3 is 21.7 Å². The van der Waals surface area contributed by atoms with Crippen LogP contribution < -0.4 is 21.7 Å². The second-order valence-electron chi connectivity index (χ2n) is 6.58. The third-order valence-electron chi connectivity index (χ3n) is 4.62. The van der Waals surface area contributed by atoms with E-state index in [4.69, 9.17) is 5.73 Å². The SMILES string of the molecule is Nc1nc(NCCNCCNc2cccc3ccccc23)c2ccccc2n1. The van der Waals surface area contributed by atoms with E-state index in [2.05, 4.69) is 68.4 Å². The van der Waals surface area contributed by atoms with Crippen molar-refractivity contribution in [3.05, 3.63) is 66.7 Å². The van der Waals surface area contributed by atoms with Gasteiger partial charge in [-0.1, -0.05) is 48.5 Å². The fourth-order valence-electron chi connectivity index (χ4n) is 3.29. The molecule has 0 saturated carbocycles. The number of hydrogen-bond acceptors (Lipinski definition) is 6. The van der Waals surface area contributed by atoms with Gasteiger partial charge in [-0.15, -0.1) is 0 Å². The maximum absolute atomic E-state index is 5.80. The van der Waals surface area contributed by atoms with Gasteiger partial charge in [-0.05, 0) is 23.6 Å². The van der Waals surface area contributed by atoms with Crippen LogP contribution >= 0.6 is 0 Å². The quantitative estimate of drug-likeness (QED) is 0.354. The molecule has 0 aliphatic carbocycles. The van der Waals surface area contributed by atoms with Gasteiger partial charge in [-0.3, -0.25) is 0 Å². The van der Waals surface area contributed by atoms with Crippen LogP contribution in [0.2, 0.25) is 0 Å². The van der Waals surface area contributed by atoms with Gasteiger partial charge in [0.1, 0.15) is 5.82 Å². The normalized spacial score (nSPS) is 11.0. The Morgan fingerprint density at radius 3 is 2.29 bits per heavy atom. The summed E-state index contributed by atoms with van der Waals surface area (Å²) in [7, 11) is 0. The first-order valence-corrected chi connectivity index (χ1v) is 9.50. The van der Waals surface area contributed by atoms with Crippen LogP contribution in [0.4, 0.5) is 17.5 Å². The molecule has 0 atom stereocenters. The van der Waals surface area contributed by atoms with Crippen LogP contribution in [0.15, 0.2) is 66.7 Å². The van der Waals surface area contributed by atoms with Gasteiger partial charge in [0.25, 0.3) is 0 Å². The fraction of sp³-hybridized carbons (Fsp3) is 0.182. The van der Waals surface area contributed by atoms with Crippen LogP contribution in [-0.4, -0.2) is 36.1 Å². The topological polar surface area (TPSA) is 87.9 Å². The highest BCUT2D eigenvalue weighted by Gasteiger charge is 2.04. The van der Waals surface area contributed by atoms with Crippen molar-refractivity contribution in [1.82, 2.24) is 15.3 Å². The molecule has 142 valence electrons. The number of fused-ring (bicyclic) bond motifs is 2. The predicted molar refractivity (Wildman–Crippen MR) is 118 cm³/mol. The van der Waals surface area contributed by atoms with E-state index in [1.807, 2.05) is 24.3 Å². The number of nitrogen functional groups attached to an aromatic ring is 1. The zero-order valence-electron chi connectivity index (χ0n) is 15.7. The molecule has 4 aromatic rings. The largest absolute Gasteiger partial charge is 0.383 e. The zero-order chi connectivity index (χ0) is 19.2. The molecule has 28 heavy (non-hydrogen) atoms. The molecule has 6 nitrogen and oxygen atoms in total. The van der Waals surface area contributed by atoms with Crippen LogP contribution in [-0.2, 0) is 0 Å². The highest BCUT2D eigenvalue weighted by molar-refractivity contribution is 5.93. The summed E-state index contributed by atoms with van der Waals surface area (Å²) in [6.45, 7) is 3.32. The smallest absolute Gasteiger partial charge is 0.222 e. The molecule has 1 heterocycles. The number of nitrogens with one attached hydrogen (secondary N) is 3. The average molecular weight is 372 g/mol.